The summed E-state index contributed by atoms with van der Waals surface area (Å²) in [4.78, 5) is 20.8. The summed E-state index contributed by atoms with van der Waals surface area (Å²) in [7, 11) is 1.35. The van der Waals surface area contributed by atoms with Crippen molar-refractivity contribution in [1.29, 1.82) is 0 Å². The van der Waals surface area contributed by atoms with E-state index in [1.807, 2.05) is 42.5 Å². The van der Waals surface area contributed by atoms with Crippen molar-refractivity contribution in [1.82, 2.24) is 15.1 Å². The van der Waals surface area contributed by atoms with Crippen molar-refractivity contribution >= 4 is 29.2 Å². The molecule has 10 heteroatoms. The zero-order valence-electron chi connectivity index (χ0n) is 22.5. The van der Waals surface area contributed by atoms with Crippen molar-refractivity contribution in [3.63, 3.8) is 0 Å². The Balaban J connectivity index is 1.19. The van der Waals surface area contributed by atoms with Crippen LogP contribution in [-0.4, -0.2) is 33.3 Å². The van der Waals surface area contributed by atoms with Gasteiger partial charge in [-0.15, -0.1) is 0 Å². The Labute approximate surface area is 251 Å². The number of esters is 1. The number of carbonyl (C=O) groups excluding carboxylic acids is 1. The summed E-state index contributed by atoms with van der Waals surface area (Å²) in [5.74, 6) is 0.479. The predicted octanol–water partition coefficient (Wildman–Crippen LogP) is 7.24. The van der Waals surface area contributed by atoms with Gasteiger partial charge in [-0.2, -0.15) is 0 Å². The number of nitrogens with zero attached hydrogens (tertiary/aromatic N) is 3. The SMILES string of the molecule is COC(=O)c1cccc(C2CC(O)(c3cnc(OCc4c(-c5c(Cl)cccc5Cl)noc4-c4ccccc4)cn3)C2)c1. The van der Waals surface area contributed by atoms with Gasteiger partial charge in [0.25, 0.3) is 0 Å². The standard InChI is InChI=1S/C32H25Cl2N3O5/c1-40-31(38)21-10-5-9-20(13-21)22-14-32(39,15-22)26-16-36-27(17-35-26)41-18-23-29(28-24(33)11-6-12-25(28)34)37-42-30(23)19-7-3-2-4-8-19/h2-13,16-17,22,39H,14-15,18H2,1H3. The summed E-state index contributed by atoms with van der Waals surface area (Å²) in [6.07, 6.45) is 3.91. The quantitative estimate of drug-likeness (QED) is 0.185. The molecule has 0 radical (unpaired) electrons. The van der Waals surface area contributed by atoms with Gasteiger partial charge in [-0.1, -0.05) is 76.9 Å². The van der Waals surface area contributed by atoms with E-state index in [-0.39, 0.29) is 18.4 Å². The molecule has 42 heavy (non-hydrogen) atoms. The number of benzene rings is 3. The minimum Gasteiger partial charge on any atom is -0.471 e. The zero-order valence-corrected chi connectivity index (χ0v) is 24.0. The number of halogens is 2. The molecule has 0 saturated heterocycles. The van der Waals surface area contributed by atoms with Crippen LogP contribution in [-0.2, 0) is 16.9 Å². The minimum absolute atomic E-state index is 0.0571. The fourth-order valence-electron chi connectivity index (χ4n) is 5.19. The molecular formula is C32H25Cl2N3O5. The van der Waals surface area contributed by atoms with Gasteiger partial charge in [-0.3, -0.25) is 4.98 Å². The molecule has 3 aromatic carbocycles. The second-order valence-corrected chi connectivity index (χ2v) is 10.9. The number of hydrogen-bond acceptors (Lipinski definition) is 8. The number of hydrogen-bond donors (Lipinski definition) is 1. The molecule has 1 N–H and O–H groups in total. The van der Waals surface area contributed by atoms with E-state index < -0.39 is 11.6 Å². The molecule has 212 valence electrons. The van der Waals surface area contributed by atoms with Crippen LogP contribution in [0.5, 0.6) is 5.88 Å². The third-order valence-electron chi connectivity index (χ3n) is 7.44. The van der Waals surface area contributed by atoms with E-state index in [4.69, 9.17) is 37.2 Å². The Morgan fingerprint density at radius 1 is 1.00 bits per heavy atom. The largest absolute Gasteiger partial charge is 0.471 e. The van der Waals surface area contributed by atoms with Crippen LogP contribution in [0.1, 0.15) is 45.9 Å². The Kier molecular flexibility index (Phi) is 7.68. The Bertz CT molecular complexity index is 1720. The van der Waals surface area contributed by atoms with Gasteiger partial charge in [0.15, 0.2) is 5.76 Å². The molecule has 2 heterocycles. The Morgan fingerprint density at radius 2 is 1.74 bits per heavy atom. The molecule has 0 atom stereocenters. The van der Waals surface area contributed by atoms with Gasteiger partial charge in [0, 0.05) is 11.1 Å². The molecule has 1 saturated carbocycles. The van der Waals surface area contributed by atoms with Crippen LogP contribution in [0.4, 0.5) is 0 Å². The van der Waals surface area contributed by atoms with Gasteiger partial charge < -0.3 is 19.1 Å². The summed E-state index contributed by atoms with van der Waals surface area (Å²) in [5.41, 5.74) is 3.26. The lowest BCUT2D eigenvalue weighted by atomic mass is 9.66. The molecule has 0 unspecified atom stereocenters. The summed E-state index contributed by atoms with van der Waals surface area (Å²) in [6.45, 7) is 0.0571. The van der Waals surface area contributed by atoms with Crippen LogP contribution in [0.15, 0.2) is 89.7 Å². The first-order chi connectivity index (χ1) is 20.4. The molecule has 1 aliphatic carbocycles. The van der Waals surface area contributed by atoms with Crippen molar-refractivity contribution in [3.8, 4) is 28.5 Å². The molecule has 8 nitrogen and oxygen atoms in total. The lowest BCUT2D eigenvalue weighted by Gasteiger charge is -2.43. The molecule has 2 aromatic heterocycles. The molecular weight excluding hydrogens is 577 g/mol. The summed E-state index contributed by atoms with van der Waals surface area (Å²) >= 11 is 13.0. The van der Waals surface area contributed by atoms with Crippen molar-refractivity contribution in [2.75, 3.05) is 7.11 Å². The van der Waals surface area contributed by atoms with Crippen molar-refractivity contribution < 1.29 is 23.9 Å². The summed E-state index contributed by atoms with van der Waals surface area (Å²) in [6, 6.07) is 22.0. The van der Waals surface area contributed by atoms with E-state index in [1.165, 1.54) is 19.5 Å². The van der Waals surface area contributed by atoms with Gasteiger partial charge in [0.2, 0.25) is 5.88 Å². The highest BCUT2D eigenvalue weighted by Gasteiger charge is 2.46. The Morgan fingerprint density at radius 3 is 2.43 bits per heavy atom. The van der Waals surface area contributed by atoms with Gasteiger partial charge in [0.1, 0.15) is 17.9 Å². The lowest BCUT2D eigenvalue weighted by Crippen LogP contribution is -2.40. The highest BCUT2D eigenvalue weighted by molar-refractivity contribution is 6.39. The van der Waals surface area contributed by atoms with Gasteiger partial charge in [0.05, 0.1) is 46.4 Å². The third kappa shape index (κ3) is 5.36. The minimum atomic E-state index is -1.12. The number of ether oxygens (including phenoxy) is 2. The maximum absolute atomic E-state index is 11.9. The number of rotatable bonds is 8. The summed E-state index contributed by atoms with van der Waals surface area (Å²) in [5, 5.41) is 16.4. The normalized spacial score (nSPS) is 17.9. The van der Waals surface area contributed by atoms with Crippen molar-refractivity contribution in [2.45, 2.75) is 31.0 Å². The zero-order chi connectivity index (χ0) is 29.3. The topological polar surface area (TPSA) is 108 Å². The van der Waals surface area contributed by atoms with E-state index in [1.54, 1.807) is 30.3 Å². The van der Waals surface area contributed by atoms with E-state index in [0.717, 1.165) is 11.1 Å². The fourth-order valence-corrected chi connectivity index (χ4v) is 5.77. The smallest absolute Gasteiger partial charge is 0.337 e. The number of methoxy groups -OCH3 is 1. The van der Waals surface area contributed by atoms with Crippen LogP contribution in [0.3, 0.4) is 0 Å². The lowest BCUT2D eigenvalue weighted by molar-refractivity contribution is -0.0590. The van der Waals surface area contributed by atoms with Crippen LogP contribution in [0.25, 0.3) is 22.6 Å². The molecule has 1 fully saturated rings. The van der Waals surface area contributed by atoms with Crippen LogP contribution >= 0.6 is 23.2 Å². The van der Waals surface area contributed by atoms with E-state index in [0.29, 0.717) is 56.7 Å². The number of aromatic nitrogens is 3. The first kappa shape index (κ1) is 27.9. The number of carbonyl (C=O) groups is 1. The van der Waals surface area contributed by atoms with Crippen molar-refractivity contribution in [2.24, 2.45) is 0 Å². The molecule has 0 bridgehead atoms. The highest BCUT2D eigenvalue weighted by atomic mass is 35.5. The Hall–Kier alpha value is -4.24. The summed E-state index contributed by atoms with van der Waals surface area (Å²) < 4.78 is 16.6. The second-order valence-electron chi connectivity index (χ2n) is 10.1. The first-order valence-electron chi connectivity index (χ1n) is 13.2. The number of aliphatic hydroxyl groups is 1. The maximum atomic E-state index is 11.9. The van der Waals surface area contributed by atoms with E-state index >= 15 is 0 Å². The third-order valence-corrected chi connectivity index (χ3v) is 8.07. The molecule has 0 aliphatic heterocycles. The van der Waals surface area contributed by atoms with E-state index in [9.17, 15) is 9.90 Å². The van der Waals surface area contributed by atoms with Crippen molar-refractivity contribution in [3.05, 3.63) is 118 Å². The monoisotopic (exact) mass is 601 g/mol. The average Bonchev–Trinajstić information content (AvgIpc) is 3.42. The predicted molar refractivity (Wildman–Crippen MR) is 157 cm³/mol. The molecule has 1 aliphatic rings. The maximum Gasteiger partial charge on any atom is 0.337 e. The highest BCUT2D eigenvalue weighted by Crippen LogP contribution is 2.50. The van der Waals surface area contributed by atoms with Crippen LogP contribution < -0.4 is 4.74 Å². The average molecular weight is 602 g/mol. The van der Waals surface area contributed by atoms with Crippen LogP contribution in [0.2, 0.25) is 10.0 Å². The van der Waals surface area contributed by atoms with E-state index in [2.05, 4.69) is 15.1 Å². The second kappa shape index (κ2) is 11.6. The molecule has 0 amide bonds. The van der Waals surface area contributed by atoms with Crippen LogP contribution in [0, 0.1) is 0 Å². The molecule has 5 aromatic rings. The fraction of sp³-hybridized carbons (Fsp3) is 0.188. The van der Waals surface area contributed by atoms with Gasteiger partial charge >= 0.3 is 5.97 Å². The first-order valence-corrected chi connectivity index (χ1v) is 14.0. The molecule has 6 rings (SSSR count). The van der Waals surface area contributed by atoms with Gasteiger partial charge in [-0.05, 0) is 48.6 Å². The van der Waals surface area contributed by atoms with Gasteiger partial charge in [-0.25, -0.2) is 9.78 Å². The molecule has 0 spiro atoms.